The van der Waals surface area contributed by atoms with Crippen molar-refractivity contribution in [1.82, 2.24) is 5.32 Å². The van der Waals surface area contributed by atoms with Crippen molar-refractivity contribution in [2.24, 2.45) is 4.99 Å². The van der Waals surface area contributed by atoms with Crippen LogP contribution in [0.5, 0.6) is 11.5 Å². The molecule has 0 spiro atoms. The first-order chi connectivity index (χ1) is 11.7. The fraction of sp³-hybridized carbons (Fsp3) is 0.353. The van der Waals surface area contributed by atoms with Crippen molar-refractivity contribution in [3.63, 3.8) is 0 Å². The summed E-state index contributed by atoms with van der Waals surface area (Å²) in [5, 5.41) is 6.48. The second kappa shape index (κ2) is 9.22. The number of benzene rings is 1. The average molecular weight is 396 g/mol. The number of halogens is 1. The maximum atomic E-state index is 5.48. The van der Waals surface area contributed by atoms with Crippen molar-refractivity contribution >= 4 is 27.6 Å². The Morgan fingerprint density at radius 3 is 2.58 bits per heavy atom. The molecule has 0 bridgehead atoms. The van der Waals surface area contributed by atoms with Crippen LogP contribution in [-0.2, 0) is 6.42 Å². The SMILES string of the molecule is CCNC(=NCCc1ccc(Br)o1)Nc1ccc(OC)c(OC)c1. The van der Waals surface area contributed by atoms with Gasteiger partial charge in [0.1, 0.15) is 5.76 Å². The molecule has 2 N–H and O–H groups in total. The van der Waals surface area contributed by atoms with Crippen LogP contribution < -0.4 is 20.1 Å². The van der Waals surface area contributed by atoms with Gasteiger partial charge in [0.05, 0.1) is 14.2 Å². The van der Waals surface area contributed by atoms with E-state index < -0.39 is 0 Å². The highest BCUT2D eigenvalue weighted by Crippen LogP contribution is 2.29. The molecule has 0 unspecified atom stereocenters. The van der Waals surface area contributed by atoms with E-state index in [-0.39, 0.29) is 0 Å². The normalized spacial score (nSPS) is 11.2. The lowest BCUT2D eigenvalue weighted by molar-refractivity contribution is 0.355. The van der Waals surface area contributed by atoms with E-state index in [0.717, 1.165) is 29.1 Å². The number of anilines is 1. The fourth-order valence-corrected chi connectivity index (χ4v) is 2.46. The summed E-state index contributed by atoms with van der Waals surface area (Å²) in [6.07, 6.45) is 0.730. The first-order valence-corrected chi connectivity index (χ1v) is 8.47. The molecule has 0 saturated heterocycles. The lowest BCUT2D eigenvalue weighted by Crippen LogP contribution is -2.30. The van der Waals surface area contributed by atoms with Crippen LogP contribution in [-0.4, -0.2) is 33.3 Å². The van der Waals surface area contributed by atoms with Gasteiger partial charge in [-0.1, -0.05) is 0 Å². The van der Waals surface area contributed by atoms with Gasteiger partial charge in [-0.2, -0.15) is 0 Å². The number of rotatable bonds is 7. The molecule has 6 nitrogen and oxygen atoms in total. The average Bonchev–Trinajstić information content (AvgIpc) is 3.00. The predicted octanol–water partition coefficient (Wildman–Crippen LogP) is 3.68. The van der Waals surface area contributed by atoms with E-state index in [1.807, 2.05) is 37.3 Å². The number of hydrogen-bond acceptors (Lipinski definition) is 4. The summed E-state index contributed by atoms with van der Waals surface area (Å²) in [6.45, 7) is 3.41. The number of hydrogen-bond donors (Lipinski definition) is 2. The van der Waals surface area contributed by atoms with Gasteiger partial charge in [0.25, 0.3) is 0 Å². The molecule has 2 rings (SSSR count). The van der Waals surface area contributed by atoms with E-state index in [4.69, 9.17) is 13.9 Å². The van der Waals surface area contributed by atoms with Crippen LogP contribution >= 0.6 is 15.9 Å². The smallest absolute Gasteiger partial charge is 0.195 e. The minimum absolute atomic E-state index is 0.614. The Balaban J connectivity index is 2.03. The van der Waals surface area contributed by atoms with Crippen molar-refractivity contribution in [2.75, 3.05) is 32.6 Å². The second-order valence-corrected chi connectivity index (χ2v) is 5.69. The van der Waals surface area contributed by atoms with E-state index in [2.05, 4.69) is 31.6 Å². The van der Waals surface area contributed by atoms with Gasteiger partial charge >= 0.3 is 0 Å². The molecule has 130 valence electrons. The largest absolute Gasteiger partial charge is 0.493 e. The van der Waals surface area contributed by atoms with E-state index >= 15 is 0 Å². The fourth-order valence-electron chi connectivity index (χ4n) is 2.12. The summed E-state index contributed by atoms with van der Waals surface area (Å²) in [5.41, 5.74) is 0.869. The molecule has 1 aromatic heterocycles. The quantitative estimate of drug-likeness (QED) is 0.552. The minimum atomic E-state index is 0.614. The van der Waals surface area contributed by atoms with Crippen molar-refractivity contribution in [1.29, 1.82) is 0 Å². The Morgan fingerprint density at radius 1 is 1.17 bits per heavy atom. The molecule has 0 aliphatic rings. The molecule has 0 aliphatic heterocycles. The number of nitrogens with one attached hydrogen (secondary N) is 2. The van der Waals surface area contributed by atoms with Crippen molar-refractivity contribution in [3.05, 3.63) is 40.8 Å². The summed E-state index contributed by atoms with van der Waals surface area (Å²) in [5.74, 6) is 2.95. The monoisotopic (exact) mass is 395 g/mol. The Hall–Kier alpha value is -2.15. The van der Waals surface area contributed by atoms with Gasteiger partial charge in [-0.05, 0) is 47.1 Å². The zero-order valence-corrected chi connectivity index (χ0v) is 15.6. The standard InChI is InChI=1S/C17H22BrN3O3/c1-4-19-17(20-10-9-13-6-8-16(18)24-13)21-12-5-7-14(22-2)15(11-12)23-3/h5-8,11H,4,9-10H2,1-3H3,(H2,19,20,21). The molecule has 24 heavy (non-hydrogen) atoms. The Morgan fingerprint density at radius 2 is 1.96 bits per heavy atom. The highest BCUT2D eigenvalue weighted by atomic mass is 79.9. The van der Waals surface area contributed by atoms with Crippen LogP contribution in [0.1, 0.15) is 12.7 Å². The Bertz CT molecular complexity index is 685. The van der Waals surface area contributed by atoms with Gasteiger partial charge in [0.15, 0.2) is 22.1 Å². The molecular formula is C17H22BrN3O3. The Kier molecular flexibility index (Phi) is 6.99. The van der Waals surface area contributed by atoms with Crippen molar-refractivity contribution in [3.8, 4) is 11.5 Å². The zero-order chi connectivity index (χ0) is 17.4. The Labute approximate surface area is 150 Å². The molecule has 0 aliphatic carbocycles. The van der Waals surface area contributed by atoms with Crippen LogP contribution in [0, 0.1) is 0 Å². The molecule has 0 amide bonds. The van der Waals surface area contributed by atoms with E-state index in [1.165, 1.54) is 0 Å². The molecule has 2 aromatic rings. The van der Waals surface area contributed by atoms with Gasteiger partial charge in [-0.25, -0.2) is 0 Å². The van der Waals surface area contributed by atoms with E-state index in [9.17, 15) is 0 Å². The maximum absolute atomic E-state index is 5.48. The van der Waals surface area contributed by atoms with Crippen LogP contribution in [0.2, 0.25) is 0 Å². The first-order valence-electron chi connectivity index (χ1n) is 7.67. The highest BCUT2D eigenvalue weighted by molar-refractivity contribution is 9.10. The summed E-state index contributed by atoms with van der Waals surface area (Å²) in [7, 11) is 3.23. The third-order valence-corrected chi connectivity index (χ3v) is 3.67. The molecular weight excluding hydrogens is 374 g/mol. The zero-order valence-electron chi connectivity index (χ0n) is 14.1. The summed E-state index contributed by atoms with van der Waals surface area (Å²) < 4.78 is 16.8. The third kappa shape index (κ3) is 5.19. The van der Waals surface area contributed by atoms with Crippen LogP contribution in [0.4, 0.5) is 5.69 Å². The van der Waals surface area contributed by atoms with E-state index in [0.29, 0.717) is 24.0 Å². The number of aliphatic imine (C=N–C) groups is 1. The second-order valence-electron chi connectivity index (χ2n) is 4.91. The summed E-state index contributed by atoms with van der Waals surface area (Å²) in [6, 6.07) is 9.46. The first kappa shape index (κ1) is 18.2. The van der Waals surface area contributed by atoms with Gasteiger partial charge in [-0.15, -0.1) is 0 Å². The number of ether oxygens (including phenoxy) is 2. The molecule has 0 saturated carbocycles. The number of methoxy groups -OCH3 is 2. The predicted molar refractivity (Wildman–Crippen MR) is 99.3 cm³/mol. The van der Waals surface area contributed by atoms with Gasteiger partial charge in [0, 0.05) is 31.3 Å². The van der Waals surface area contributed by atoms with Gasteiger partial charge in [-0.3, -0.25) is 4.99 Å². The lowest BCUT2D eigenvalue weighted by Gasteiger charge is -2.13. The van der Waals surface area contributed by atoms with Gasteiger partial charge in [0.2, 0.25) is 0 Å². The van der Waals surface area contributed by atoms with Crippen LogP contribution in [0.25, 0.3) is 0 Å². The van der Waals surface area contributed by atoms with Crippen molar-refractivity contribution < 1.29 is 13.9 Å². The maximum Gasteiger partial charge on any atom is 0.195 e. The minimum Gasteiger partial charge on any atom is -0.493 e. The summed E-state index contributed by atoms with van der Waals surface area (Å²) >= 11 is 3.30. The van der Waals surface area contributed by atoms with Gasteiger partial charge < -0.3 is 24.5 Å². The topological polar surface area (TPSA) is 68.0 Å². The number of nitrogens with zero attached hydrogens (tertiary/aromatic N) is 1. The van der Waals surface area contributed by atoms with E-state index in [1.54, 1.807) is 14.2 Å². The molecule has 1 heterocycles. The molecule has 0 atom stereocenters. The number of guanidine groups is 1. The molecule has 0 fully saturated rings. The molecule has 7 heteroatoms. The van der Waals surface area contributed by atoms with Crippen molar-refractivity contribution in [2.45, 2.75) is 13.3 Å². The lowest BCUT2D eigenvalue weighted by atomic mass is 10.2. The molecule has 1 aromatic carbocycles. The number of furan rings is 1. The van der Waals surface area contributed by atoms with Crippen LogP contribution in [0.3, 0.4) is 0 Å². The summed E-state index contributed by atoms with van der Waals surface area (Å²) in [4.78, 5) is 4.56. The third-order valence-electron chi connectivity index (χ3n) is 3.25. The molecule has 0 radical (unpaired) electrons. The van der Waals surface area contributed by atoms with Crippen LogP contribution in [0.15, 0.2) is 44.4 Å². The highest BCUT2D eigenvalue weighted by Gasteiger charge is 2.06.